The van der Waals surface area contributed by atoms with Crippen molar-refractivity contribution < 1.29 is 4.42 Å². The number of piperidine rings is 1. The summed E-state index contributed by atoms with van der Waals surface area (Å²) in [5.41, 5.74) is 1.66. The molecule has 1 aliphatic heterocycles. The summed E-state index contributed by atoms with van der Waals surface area (Å²) in [4.78, 5) is 2.81. The Morgan fingerprint density at radius 3 is 2.57 bits per heavy atom. The van der Waals surface area contributed by atoms with Crippen LogP contribution in [0.4, 0.5) is 0 Å². The Morgan fingerprint density at radius 1 is 1.19 bits per heavy atom. The van der Waals surface area contributed by atoms with Crippen molar-refractivity contribution in [3.63, 3.8) is 0 Å². The van der Waals surface area contributed by atoms with E-state index < -0.39 is 0 Å². The number of furan rings is 1. The summed E-state index contributed by atoms with van der Waals surface area (Å²) in [6.07, 6.45) is 14.5. The third kappa shape index (κ3) is 3.04. The van der Waals surface area contributed by atoms with Crippen molar-refractivity contribution >= 4 is 0 Å². The lowest BCUT2D eigenvalue weighted by atomic mass is 9.81. The van der Waals surface area contributed by atoms with Crippen molar-refractivity contribution in [3.8, 4) is 0 Å². The number of hydrogen-bond donors (Lipinski definition) is 1. The van der Waals surface area contributed by atoms with Crippen LogP contribution >= 0.6 is 0 Å². The Bertz CT molecular complexity index is 403. The zero-order chi connectivity index (χ0) is 14.5. The molecule has 0 aromatic carbocycles. The molecule has 1 aliphatic carbocycles. The van der Waals surface area contributed by atoms with Gasteiger partial charge in [0.1, 0.15) is 0 Å². The molecule has 118 valence electrons. The van der Waals surface area contributed by atoms with Gasteiger partial charge in [-0.2, -0.15) is 0 Å². The fraction of sp³-hybridized carbons (Fsp3) is 0.778. The first-order valence-electron chi connectivity index (χ1n) is 8.87. The highest BCUT2D eigenvalue weighted by atomic mass is 16.3. The van der Waals surface area contributed by atoms with Crippen molar-refractivity contribution in [1.29, 1.82) is 0 Å². The van der Waals surface area contributed by atoms with Gasteiger partial charge in [-0.05, 0) is 57.8 Å². The summed E-state index contributed by atoms with van der Waals surface area (Å²) in [6.45, 7) is 5.90. The van der Waals surface area contributed by atoms with Crippen molar-refractivity contribution in [2.75, 3.05) is 19.6 Å². The SMILES string of the molecule is CCCNC(c1ccoc1)C1(N2CCCCC2)CCCC1. The minimum atomic E-state index is 0.319. The molecule has 1 saturated heterocycles. The van der Waals surface area contributed by atoms with Crippen LogP contribution in [0.15, 0.2) is 23.0 Å². The van der Waals surface area contributed by atoms with Crippen LogP contribution in [-0.2, 0) is 0 Å². The summed E-state index contributed by atoms with van der Waals surface area (Å²) in [6, 6.07) is 2.59. The second-order valence-corrected chi connectivity index (χ2v) is 6.80. The second-order valence-electron chi connectivity index (χ2n) is 6.80. The molecule has 0 spiro atoms. The average Bonchev–Trinajstić information content (AvgIpc) is 3.21. The third-order valence-corrected chi connectivity index (χ3v) is 5.47. The summed E-state index contributed by atoms with van der Waals surface area (Å²) < 4.78 is 5.41. The van der Waals surface area contributed by atoms with Gasteiger partial charge in [0.05, 0.1) is 18.6 Å². The van der Waals surface area contributed by atoms with Gasteiger partial charge in [0, 0.05) is 11.1 Å². The minimum absolute atomic E-state index is 0.319. The van der Waals surface area contributed by atoms with Crippen LogP contribution in [0.5, 0.6) is 0 Å². The molecule has 0 amide bonds. The van der Waals surface area contributed by atoms with E-state index in [1.54, 1.807) is 0 Å². The summed E-state index contributed by atoms with van der Waals surface area (Å²) in [5.74, 6) is 0. The Morgan fingerprint density at radius 2 is 1.95 bits per heavy atom. The number of nitrogens with zero attached hydrogens (tertiary/aromatic N) is 1. The largest absolute Gasteiger partial charge is 0.472 e. The maximum absolute atomic E-state index is 5.41. The van der Waals surface area contributed by atoms with E-state index in [1.165, 1.54) is 70.0 Å². The average molecular weight is 290 g/mol. The molecule has 1 atom stereocenters. The maximum Gasteiger partial charge on any atom is 0.0951 e. The first kappa shape index (κ1) is 15.1. The summed E-state index contributed by atoms with van der Waals surface area (Å²) in [5, 5.41) is 3.85. The Kier molecular flexibility index (Phi) is 5.02. The topological polar surface area (TPSA) is 28.4 Å². The zero-order valence-corrected chi connectivity index (χ0v) is 13.4. The highest BCUT2D eigenvalue weighted by Gasteiger charge is 2.46. The van der Waals surface area contributed by atoms with Crippen LogP contribution in [0.1, 0.15) is 69.9 Å². The monoisotopic (exact) mass is 290 g/mol. The number of rotatable bonds is 6. The summed E-state index contributed by atoms with van der Waals surface area (Å²) >= 11 is 0. The van der Waals surface area contributed by atoms with Gasteiger partial charge in [-0.3, -0.25) is 4.90 Å². The van der Waals surface area contributed by atoms with E-state index in [0.717, 1.165) is 6.54 Å². The molecule has 1 unspecified atom stereocenters. The van der Waals surface area contributed by atoms with Crippen LogP contribution in [0.3, 0.4) is 0 Å². The Hall–Kier alpha value is -0.800. The molecule has 2 fully saturated rings. The fourth-order valence-corrected chi connectivity index (χ4v) is 4.46. The highest BCUT2D eigenvalue weighted by Crippen LogP contribution is 2.45. The van der Waals surface area contributed by atoms with Gasteiger partial charge in [0.15, 0.2) is 0 Å². The zero-order valence-electron chi connectivity index (χ0n) is 13.4. The lowest BCUT2D eigenvalue weighted by molar-refractivity contribution is 0.0359. The van der Waals surface area contributed by atoms with Gasteiger partial charge in [-0.25, -0.2) is 0 Å². The molecule has 1 aromatic rings. The van der Waals surface area contributed by atoms with E-state index in [0.29, 0.717) is 11.6 Å². The highest BCUT2D eigenvalue weighted by molar-refractivity contribution is 5.20. The second kappa shape index (κ2) is 6.97. The molecule has 2 aliphatic rings. The molecular formula is C18H30N2O. The van der Waals surface area contributed by atoms with Crippen molar-refractivity contribution in [3.05, 3.63) is 24.2 Å². The predicted octanol–water partition coefficient (Wildman–Crippen LogP) is 4.12. The molecule has 21 heavy (non-hydrogen) atoms. The lowest BCUT2D eigenvalue weighted by Crippen LogP contribution is -2.56. The molecule has 3 nitrogen and oxygen atoms in total. The normalized spacial score (nSPS) is 24.2. The van der Waals surface area contributed by atoms with Gasteiger partial charge in [0.2, 0.25) is 0 Å². The Balaban J connectivity index is 1.87. The van der Waals surface area contributed by atoms with Gasteiger partial charge >= 0.3 is 0 Å². The number of likely N-dealkylation sites (tertiary alicyclic amines) is 1. The quantitative estimate of drug-likeness (QED) is 0.854. The molecule has 1 N–H and O–H groups in total. The van der Waals surface area contributed by atoms with Crippen molar-refractivity contribution in [1.82, 2.24) is 10.2 Å². The standard InChI is InChI=1S/C18H30N2O/c1-2-11-19-17(16-8-14-21-15-16)18(9-4-5-10-18)20-12-6-3-7-13-20/h8,14-15,17,19H,2-7,9-13H2,1H3. The summed E-state index contributed by atoms with van der Waals surface area (Å²) in [7, 11) is 0. The van der Waals surface area contributed by atoms with Crippen LogP contribution < -0.4 is 5.32 Å². The van der Waals surface area contributed by atoms with E-state index in [1.807, 2.05) is 12.5 Å². The van der Waals surface area contributed by atoms with E-state index >= 15 is 0 Å². The van der Waals surface area contributed by atoms with Gasteiger partial charge in [-0.1, -0.05) is 26.2 Å². The maximum atomic E-state index is 5.41. The Labute approximate surface area is 129 Å². The van der Waals surface area contributed by atoms with Gasteiger partial charge in [-0.15, -0.1) is 0 Å². The van der Waals surface area contributed by atoms with E-state index in [2.05, 4.69) is 23.2 Å². The predicted molar refractivity (Wildman–Crippen MR) is 86.4 cm³/mol. The minimum Gasteiger partial charge on any atom is -0.472 e. The van der Waals surface area contributed by atoms with Crippen molar-refractivity contribution in [2.24, 2.45) is 0 Å². The number of nitrogens with one attached hydrogen (secondary N) is 1. The molecule has 3 heteroatoms. The fourth-order valence-electron chi connectivity index (χ4n) is 4.46. The first-order chi connectivity index (χ1) is 10.4. The van der Waals surface area contributed by atoms with E-state index in [4.69, 9.17) is 4.42 Å². The van der Waals surface area contributed by atoms with Crippen molar-refractivity contribution in [2.45, 2.75) is 69.9 Å². The van der Waals surface area contributed by atoms with Gasteiger partial charge < -0.3 is 9.73 Å². The molecule has 1 saturated carbocycles. The lowest BCUT2D eigenvalue weighted by Gasteiger charge is -2.48. The van der Waals surface area contributed by atoms with Crippen LogP contribution in [0, 0.1) is 0 Å². The van der Waals surface area contributed by atoms with Crippen LogP contribution in [0.25, 0.3) is 0 Å². The van der Waals surface area contributed by atoms with Crippen LogP contribution in [0.2, 0.25) is 0 Å². The van der Waals surface area contributed by atoms with Gasteiger partial charge in [0.25, 0.3) is 0 Å². The molecule has 0 radical (unpaired) electrons. The molecule has 1 aromatic heterocycles. The van der Waals surface area contributed by atoms with E-state index in [-0.39, 0.29) is 0 Å². The molecule has 2 heterocycles. The number of hydrogen-bond acceptors (Lipinski definition) is 3. The third-order valence-electron chi connectivity index (χ3n) is 5.47. The molecule has 0 bridgehead atoms. The molecular weight excluding hydrogens is 260 g/mol. The van der Waals surface area contributed by atoms with E-state index in [9.17, 15) is 0 Å². The molecule has 3 rings (SSSR count). The smallest absolute Gasteiger partial charge is 0.0951 e. The first-order valence-corrected chi connectivity index (χ1v) is 8.87. The van der Waals surface area contributed by atoms with Crippen LogP contribution in [-0.4, -0.2) is 30.1 Å².